The molecule has 0 bridgehead atoms. The summed E-state index contributed by atoms with van der Waals surface area (Å²) in [5, 5.41) is 12.0. The fourth-order valence-corrected chi connectivity index (χ4v) is 4.02. The molecule has 0 spiro atoms. The summed E-state index contributed by atoms with van der Waals surface area (Å²) in [5.74, 6) is 2.03. The number of ether oxygens (including phenoxy) is 1. The number of piperidine rings is 1. The van der Waals surface area contributed by atoms with Crippen molar-refractivity contribution in [2.24, 2.45) is 0 Å². The topological polar surface area (TPSA) is 50.3 Å². The number of nitrogens with zero attached hydrogens (tertiary/aromatic N) is 3. The minimum absolute atomic E-state index is 0.401. The highest BCUT2D eigenvalue weighted by atomic mass is 16.5. The average Bonchev–Trinajstić information content (AvgIpc) is 3.21. The van der Waals surface area contributed by atoms with E-state index in [-0.39, 0.29) is 0 Å². The van der Waals surface area contributed by atoms with Gasteiger partial charge in [-0.25, -0.2) is 0 Å². The van der Waals surface area contributed by atoms with Crippen LogP contribution in [-0.4, -0.2) is 35.4 Å². The SMILES string of the molecule is c1cnnc(N2CCCC(NCc3ccccc3OC3CCCC3)C2)c1. The third-order valence-corrected chi connectivity index (χ3v) is 5.45. The highest BCUT2D eigenvalue weighted by Gasteiger charge is 2.22. The predicted molar refractivity (Wildman–Crippen MR) is 103 cm³/mol. The maximum Gasteiger partial charge on any atom is 0.151 e. The second-order valence-corrected chi connectivity index (χ2v) is 7.38. The maximum atomic E-state index is 6.27. The van der Waals surface area contributed by atoms with Gasteiger partial charge in [0.15, 0.2) is 5.82 Å². The molecule has 1 saturated heterocycles. The zero-order valence-corrected chi connectivity index (χ0v) is 15.3. The Morgan fingerprint density at radius 3 is 2.77 bits per heavy atom. The summed E-state index contributed by atoms with van der Waals surface area (Å²) >= 11 is 0. The Morgan fingerprint density at radius 2 is 1.92 bits per heavy atom. The van der Waals surface area contributed by atoms with Gasteiger partial charge in [-0.3, -0.25) is 0 Å². The molecule has 1 unspecified atom stereocenters. The van der Waals surface area contributed by atoms with Crippen LogP contribution in [0.2, 0.25) is 0 Å². The first kappa shape index (κ1) is 17.3. The van der Waals surface area contributed by atoms with Gasteiger partial charge < -0.3 is 15.0 Å². The first-order valence-electron chi connectivity index (χ1n) is 9.89. The van der Waals surface area contributed by atoms with Crippen LogP contribution < -0.4 is 15.0 Å². The number of anilines is 1. The Labute approximate surface area is 155 Å². The Morgan fingerprint density at radius 1 is 1.04 bits per heavy atom. The fourth-order valence-electron chi connectivity index (χ4n) is 4.02. The number of aromatic nitrogens is 2. The Kier molecular flexibility index (Phi) is 5.65. The molecule has 0 radical (unpaired) electrons. The summed E-state index contributed by atoms with van der Waals surface area (Å²) in [6, 6.07) is 12.9. The van der Waals surface area contributed by atoms with E-state index in [2.05, 4.69) is 44.7 Å². The van der Waals surface area contributed by atoms with Gasteiger partial charge in [-0.2, -0.15) is 5.10 Å². The molecule has 138 valence electrons. The van der Waals surface area contributed by atoms with Gasteiger partial charge in [0.1, 0.15) is 5.75 Å². The lowest BCUT2D eigenvalue weighted by molar-refractivity contribution is 0.207. The van der Waals surface area contributed by atoms with Gasteiger partial charge in [-0.1, -0.05) is 18.2 Å². The molecule has 2 aliphatic rings. The van der Waals surface area contributed by atoms with Gasteiger partial charge in [-0.15, -0.1) is 5.10 Å². The van der Waals surface area contributed by atoms with Crippen LogP contribution in [0.1, 0.15) is 44.1 Å². The predicted octanol–water partition coefficient (Wildman–Crippen LogP) is 3.56. The molecule has 5 nitrogen and oxygen atoms in total. The zero-order valence-electron chi connectivity index (χ0n) is 15.3. The van der Waals surface area contributed by atoms with Crippen molar-refractivity contribution in [3.05, 3.63) is 48.2 Å². The molecule has 1 N–H and O–H groups in total. The third-order valence-electron chi connectivity index (χ3n) is 5.45. The summed E-state index contributed by atoms with van der Waals surface area (Å²) in [6.45, 7) is 2.88. The van der Waals surface area contributed by atoms with Gasteiger partial charge in [0.25, 0.3) is 0 Å². The van der Waals surface area contributed by atoms with Crippen molar-refractivity contribution < 1.29 is 4.74 Å². The molecule has 4 rings (SSSR count). The van der Waals surface area contributed by atoms with E-state index in [9.17, 15) is 0 Å². The second-order valence-electron chi connectivity index (χ2n) is 7.38. The summed E-state index contributed by atoms with van der Waals surface area (Å²) in [6.07, 6.45) is 9.48. The lowest BCUT2D eigenvalue weighted by Gasteiger charge is -2.34. The first-order valence-corrected chi connectivity index (χ1v) is 9.89. The van der Waals surface area contributed by atoms with E-state index in [1.807, 2.05) is 12.1 Å². The average molecular weight is 352 g/mol. The molecule has 1 atom stereocenters. The molecule has 1 aromatic heterocycles. The van der Waals surface area contributed by atoms with E-state index in [0.29, 0.717) is 12.1 Å². The molecule has 2 fully saturated rings. The van der Waals surface area contributed by atoms with Gasteiger partial charge in [-0.05, 0) is 56.7 Å². The van der Waals surface area contributed by atoms with Crippen molar-refractivity contribution in [3.63, 3.8) is 0 Å². The second kappa shape index (κ2) is 8.49. The molecular formula is C21H28N4O. The molecule has 2 aromatic rings. The van der Waals surface area contributed by atoms with Crippen LogP contribution in [0.4, 0.5) is 5.82 Å². The van der Waals surface area contributed by atoms with E-state index in [1.54, 1.807) is 6.20 Å². The zero-order chi connectivity index (χ0) is 17.6. The van der Waals surface area contributed by atoms with Crippen LogP contribution in [0.25, 0.3) is 0 Å². The highest BCUT2D eigenvalue weighted by Crippen LogP contribution is 2.27. The summed E-state index contributed by atoms with van der Waals surface area (Å²) in [7, 11) is 0. The van der Waals surface area contributed by atoms with Crippen LogP contribution in [0.3, 0.4) is 0 Å². The largest absolute Gasteiger partial charge is 0.490 e. The van der Waals surface area contributed by atoms with Crippen LogP contribution in [0.15, 0.2) is 42.6 Å². The minimum atomic E-state index is 0.401. The fraction of sp³-hybridized carbons (Fsp3) is 0.524. The monoisotopic (exact) mass is 352 g/mol. The van der Waals surface area contributed by atoms with Crippen molar-refractivity contribution in [3.8, 4) is 5.75 Å². The normalized spacial score (nSPS) is 21.1. The Bertz CT molecular complexity index is 687. The van der Waals surface area contributed by atoms with E-state index in [0.717, 1.165) is 31.2 Å². The number of rotatable bonds is 6. The molecular weight excluding hydrogens is 324 g/mol. The lowest BCUT2D eigenvalue weighted by Crippen LogP contribution is -2.45. The van der Waals surface area contributed by atoms with Crippen molar-refractivity contribution in [2.75, 3.05) is 18.0 Å². The summed E-state index contributed by atoms with van der Waals surface area (Å²) in [5.41, 5.74) is 1.26. The van der Waals surface area contributed by atoms with Crippen molar-refractivity contribution in [1.29, 1.82) is 0 Å². The lowest BCUT2D eigenvalue weighted by atomic mass is 10.0. The first-order chi connectivity index (χ1) is 12.9. The molecule has 5 heteroatoms. The molecule has 2 heterocycles. The molecule has 1 aliphatic carbocycles. The van der Waals surface area contributed by atoms with E-state index in [1.165, 1.54) is 44.1 Å². The van der Waals surface area contributed by atoms with Crippen molar-refractivity contribution >= 4 is 5.82 Å². The van der Waals surface area contributed by atoms with Crippen LogP contribution >= 0.6 is 0 Å². The smallest absolute Gasteiger partial charge is 0.151 e. The maximum absolute atomic E-state index is 6.27. The molecule has 1 aromatic carbocycles. The van der Waals surface area contributed by atoms with Gasteiger partial charge in [0.2, 0.25) is 0 Å². The summed E-state index contributed by atoms with van der Waals surface area (Å²) in [4.78, 5) is 2.33. The quantitative estimate of drug-likeness (QED) is 0.861. The molecule has 26 heavy (non-hydrogen) atoms. The van der Waals surface area contributed by atoms with Crippen molar-refractivity contribution in [2.45, 2.75) is 57.2 Å². The van der Waals surface area contributed by atoms with Crippen molar-refractivity contribution in [1.82, 2.24) is 15.5 Å². The number of benzene rings is 1. The number of hydrogen-bond acceptors (Lipinski definition) is 5. The summed E-state index contributed by atoms with van der Waals surface area (Å²) < 4.78 is 6.27. The number of para-hydroxylation sites is 1. The molecule has 1 saturated carbocycles. The van der Waals surface area contributed by atoms with Gasteiger partial charge in [0, 0.05) is 37.4 Å². The Hall–Kier alpha value is -2.14. The van der Waals surface area contributed by atoms with Crippen LogP contribution in [-0.2, 0) is 6.54 Å². The highest BCUT2D eigenvalue weighted by molar-refractivity contribution is 5.37. The third kappa shape index (κ3) is 4.33. The van der Waals surface area contributed by atoms with Gasteiger partial charge in [0.05, 0.1) is 6.10 Å². The van der Waals surface area contributed by atoms with E-state index < -0.39 is 0 Å². The number of hydrogen-bond donors (Lipinski definition) is 1. The van der Waals surface area contributed by atoms with Crippen LogP contribution in [0, 0.1) is 0 Å². The van der Waals surface area contributed by atoms with Gasteiger partial charge >= 0.3 is 0 Å². The Balaban J connectivity index is 1.35. The van der Waals surface area contributed by atoms with E-state index in [4.69, 9.17) is 4.74 Å². The molecule has 0 amide bonds. The van der Waals surface area contributed by atoms with Crippen LogP contribution in [0.5, 0.6) is 5.75 Å². The standard InChI is InChI=1S/C21H28N4O/c1-4-11-20(26-19-9-2-3-10-19)17(7-1)15-22-18-8-6-14-25(16-18)21-12-5-13-23-24-21/h1,4-5,7,11-13,18-19,22H,2-3,6,8-10,14-16H2. The van der Waals surface area contributed by atoms with E-state index >= 15 is 0 Å². The minimum Gasteiger partial charge on any atom is -0.490 e. The molecule has 1 aliphatic heterocycles. The number of nitrogens with one attached hydrogen (secondary N) is 1.